The van der Waals surface area contributed by atoms with Gasteiger partial charge in [0.2, 0.25) is 0 Å². The van der Waals surface area contributed by atoms with E-state index in [0.29, 0.717) is 23.4 Å². The lowest BCUT2D eigenvalue weighted by atomic mass is 9.94. The van der Waals surface area contributed by atoms with Crippen molar-refractivity contribution in [3.05, 3.63) is 34.9 Å². The van der Waals surface area contributed by atoms with Crippen LogP contribution in [0.4, 0.5) is 0 Å². The number of benzene rings is 1. The second-order valence-corrected chi connectivity index (χ2v) is 9.61. The van der Waals surface area contributed by atoms with Gasteiger partial charge in [0.05, 0.1) is 10.8 Å². The van der Waals surface area contributed by atoms with Crippen LogP contribution < -0.4 is 0 Å². The van der Waals surface area contributed by atoms with E-state index in [0.717, 1.165) is 0 Å². The van der Waals surface area contributed by atoms with E-state index in [9.17, 15) is 9.90 Å². The predicted molar refractivity (Wildman–Crippen MR) is 94.5 cm³/mol. The van der Waals surface area contributed by atoms with E-state index in [4.69, 9.17) is 46.4 Å². The quantitative estimate of drug-likeness (QED) is 0.647. The molecule has 0 aliphatic heterocycles. The summed E-state index contributed by atoms with van der Waals surface area (Å²) < 4.78 is -1.29. The minimum Gasteiger partial charge on any atom is -0.481 e. The van der Waals surface area contributed by atoms with Crippen molar-refractivity contribution >= 4 is 52.4 Å². The fourth-order valence-corrected chi connectivity index (χ4v) is 5.37. The lowest BCUT2D eigenvalue weighted by Crippen LogP contribution is -2.29. The van der Waals surface area contributed by atoms with E-state index in [1.807, 2.05) is 13.8 Å². The first-order valence-corrected chi connectivity index (χ1v) is 9.13. The molecule has 0 spiro atoms. The maximum atomic E-state index is 11.7. The van der Waals surface area contributed by atoms with Crippen LogP contribution in [0.1, 0.15) is 32.3 Å². The summed E-state index contributed by atoms with van der Waals surface area (Å²) in [6.45, 7) is 4.10. The molecule has 1 aromatic rings. The first-order chi connectivity index (χ1) is 10.5. The molecule has 0 amide bonds. The van der Waals surface area contributed by atoms with Gasteiger partial charge in [-0.05, 0) is 47.8 Å². The third kappa shape index (κ3) is 2.66. The average molecular weight is 396 g/mol. The number of carboxylic acids is 1. The Morgan fingerprint density at radius 2 is 1.78 bits per heavy atom. The lowest BCUT2D eigenvalue weighted by Gasteiger charge is -2.27. The van der Waals surface area contributed by atoms with Gasteiger partial charge in [0.15, 0.2) is 4.33 Å². The molecule has 2 aliphatic carbocycles. The highest BCUT2D eigenvalue weighted by atomic mass is 35.5. The topological polar surface area (TPSA) is 37.3 Å². The lowest BCUT2D eigenvalue weighted by molar-refractivity contribution is -0.144. The Labute approximate surface area is 156 Å². The molecule has 126 valence electrons. The Balaban J connectivity index is 1.87. The summed E-state index contributed by atoms with van der Waals surface area (Å²) >= 11 is 25.7. The minimum absolute atomic E-state index is 0.000764. The van der Waals surface area contributed by atoms with Crippen LogP contribution in [0.25, 0.3) is 0 Å². The van der Waals surface area contributed by atoms with Gasteiger partial charge in [-0.15, -0.1) is 11.6 Å². The van der Waals surface area contributed by atoms with Crippen molar-refractivity contribution in [2.24, 2.45) is 22.7 Å². The van der Waals surface area contributed by atoms with Gasteiger partial charge >= 0.3 is 5.97 Å². The zero-order chi connectivity index (χ0) is 17.2. The summed E-state index contributed by atoms with van der Waals surface area (Å²) in [5.74, 6) is -0.782. The normalized spacial score (nSPS) is 29.0. The number of carboxylic acid groups (broad SMARTS) is 1. The molecule has 6 heteroatoms. The predicted octanol–water partition coefficient (Wildman–Crippen LogP) is 5.71. The van der Waals surface area contributed by atoms with Gasteiger partial charge in [-0.3, -0.25) is 4.79 Å². The smallest absolute Gasteiger partial charge is 0.309 e. The molecule has 2 aliphatic rings. The van der Waals surface area contributed by atoms with Crippen LogP contribution >= 0.6 is 46.4 Å². The highest BCUT2D eigenvalue weighted by Gasteiger charge is 2.76. The van der Waals surface area contributed by atoms with Crippen molar-refractivity contribution in [1.29, 1.82) is 0 Å². The van der Waals surface area contributed by atoms with Crippen LogP contribution in [0.15, 0.2) is 24.3 Å². The summed E-state index contributed by atoms with van der Waals surface area (Å²) in [6.07, 6.45) is 1.41. The fraction of sp³-hybridized carbons (Fsp3) is 0.588. The highest BCUT2D eigenvalue weighted by Crippen LogP contribution is 2.76. The second-order valence-electron chi connectivity index (χ2n) is 7.32. The molecule has 0 bridgehead atoms. The van der Waals surface area contributed by atoms with E-state index >= 15 is 0 Å². The highest BCUT2D eigenvalue weighted by molar-refractivity contribution is 6.52. The van der Waals surface area contributed by atoms with Crippen molar-refractivity contribution in [2.45, 2.75) is 36.4 Å². The summed E-state index contributed by atoms with van der Waals surface area (Å²) in [5.41, 5.74) is -0.166. The zero-order valence-electron chi connectivity index (χ0n) is 12.8. The average Bonchev–Trinajstić information content (AvgIpc) is 3.33. The van der Waals surface area contributed by atoms with Crippen molar-refractivity contribution in [3.8, 4) is 0 Å². The van der Waals surface area contributed by atoms with Gasteiger partial charge in [0.25, 0.3) is 0 Å². The van der Waals surface area contributed by atoms with Gasteiger partial charge in [-0.25, -0.2) is 0 Å². The number of hydrogen-bond donors (Lipinski definition) is 1. The van der Waals surface area contributed by atoms with Gasteiger partial charge < -0.3 is 5.11 Å². The molecule has 1 N–H and O–H groups in total. The molecule has 3 rings (SSSR count). The van der Waals surface area contributed by atoms with Crippen molar-refractivity contribution in [2.75, 3.05) is 0 Å². The number of carbonyl (C=O) groups is 1. The molecule has 2 saturated carbocycles. The molecule has 0 heterocycles. The molecule has 0 radical (unpaired) electrons. The van der Waals surface area contributed by atoms with E-state index in [-0.39, 0.29) is 17.3 Å². The second kappa shape index (κ2) is 5.42. The van der Waals surface area contributed by atoms with Gasteiger partial charge in [0.1, 0.15) is 0 Å². The fourth-order valence-electron chi connectivity index (χ4n) is 4.13. The number of rotatable bonds is 5. The maximum Gasteiger partial charge on any atom is 0.309 e. The van der Waals surface area contributed by atoms with Crippen molar-refractivity contribution < 1.29 is 9.90 Å². The van der Waals surface area contributed by atoms with E-state index < -0.39 is 21.1 Å². The van der Waals surface area contributed by atoms with E-state index in [1.54, 1.807) is 24.3 Å². The van der Waals surface area contributed by atoms with Gasteiger partial charge in [0, 0.05) is 5.02 Å². The molecule has 1 aromatic carbocycles. The Bertz CT molecular complexity index is 634. The molecule has 23 heavy (non-hydrogen) atoms. The van der Waals surface area contributed by atoms with Crippen LogP contribution in [-0.4, -0.2) is 16.5 Å². The summed E-state index contributed by atoms with van der Waals surface area (Å²) in [7, 11) is 0. The van der Waals surface area contributed by atoms with Crippen LogP contribution in [0, 0.1) is 22.7 Å². The Morgan fingerprint density at radius 3 is 2.22 bits per heavy atom. The number of aliphatic carboxylic acids is 1. The molecule has 3 atom stereocenters. The number of halogens is 4. The van der Waals surface area contributed by atoms with Crippen LogP contribution in [-0.2, 0) is 9.13 Å². The molecular weight excluding hydrogens is 378 g/mol. The monoisotopic (exact) mass is 394 g/mol. The van der Waals surface area contributed by atoms with E-state index in [1.165, 1.54) is 0 Å². The van der Waals surface area contributed by atoms with Crippen molar-refractivity contribution in [1.82, 2.24) is 0 Å². The first-order valence-electron chi connectivity index (χ1n) is 7.56. The summed E-state index contributed by atoms with van der Waals surface area (Å²) in [5, 5.41) is 9.59. The largest absolute Gasteiger partial charge is 0.481 e. The first kappa shape index (κ1) is 17.7. The van der Waals surface area contributed by atoms with Gasteiger partial charge in [-0.2, -0.15) is 0 Å². The third-order valence-corrected chi connectivity index (χ3v) is 7.59. The molecular formula is C17H18Cl4O2. The Hall–Kier alpha value is -0.150. The Morgan fingerprint density at radius 1 is 1.26 bits per heavy atom. The number of alkyl halides is 3. The van der Waals surface area contributed by atoms with Crippen LogP contribution in [0.3, 0.4) is 0 Å². The Kier molecular flexibility index (Phi) is 4.17. The van der Waals surface area contributed by atoms with Gasteiger partial charge in [-0.1, -0.05) is 60.8 Å². The molecule has 0 aromatic heterocycles. The van der Waals surface area contributed by atoms with Crippen LogP contribution in [0.5, 0.6) is 0 Å². The molecule has 2 fully saturated rings. The molecule has 2 nitrogen and oxygen atoms in total. The standard InChI is InChI=1S/C17H18Cl4O2/c1-15(2)11(12(15)16(7-8-16)14(22)23)13(19)17(20,21)9-3-5-10(18)6-4-9/h3-6,11-13H,7-8H2,1-2H3,(H,22,23). The maximum absolute atomic E-state index is 11.7. The zero-order valence-corrected chi connectivity index (χ0v) is 15.8. The third-order valence-electron chi connectivity index (χ3n) is 5.61. The SMILES string of the molecule is CC1(C)C(C(Cl)C(Cl)(Cl)c2ccc(Cl)cc2)C1C1(C(=O)O)CC1. The minimum atomic E-state index is -1.29. The van der Waals surface area contributed by atoms with Crippen LogP contribution in [0.2, 0.25) is 5.02 Å². The van der Waals surface area contributed by atoms with E-state index in [2.05, 4.69) is 0 Å². The summed E-state index contributed by atoms with van der Waals surface area (Å²) in [6, 6.07) is 6.95. The number of hydrogen-bond acceptors (Lipinski definition) is 1. The summed E-state index contributed by atoms with van der Waals surface area (Å²) in [4.78, 5) is 11.7. The molecule has 3 unspecified atom stereocenters. The van der Waals surface area contributed by atoms with Crippen molar-refractivity contribution in [3.63, 3.8) is 0 Å². The molecule has 0 saturated heterocycles.